The molecule has 3 aromatic heterocycles. The third-order valence-corrected chi connectivity index (χ3v) is 8.10. The Morgan fingerprint density at radius 2 is 1.95 bits per heavy atom. The van der Waals surface area contributed by atoms with Gasteiger partial charge in [0.25, 0.3) is 0 Å². The van der Waals surface area contributed by atoms with E-state index in [0.29, 0.717) is 5.95 Å². The molecule has 4 heterocycles. The Morgan fingerprint density at radius 3 is 2.77 bits per heavy atom. The van der Waals surface area contributed by atoms with Gasteiger partial charge in [-0.05, 0) is 67.3 Å². The Morgan fingerprint density at radius 1 is 1.10 bits per heavy atom. The quantitative estimate of drug-likeness (QED) is 0.284. The van der Waals surface area contributed by atoms with Gasteiger partial charge in [-0.2, -0.15) is 0 Å². The van der Waals surface area contributed by atoms with Crippen molar-refractivity contribution >= 4 is 34.2 Å². The smallest absolute Gasteiger partial charge is 0.223 e. The molecule has 9 nitrogen and oxygen atoms in total. The summed E-state index contributed by atoms with van der Waals surface area (Å²) in [5.41, 5.74) is 3.55. The number of halogens is 1. The SMILES string of the molecule is COc1cccc(-c2nc3sccn3c2-c2ccnc(N[C@@H]3CCCN(Sc4ccc(F)cc4)C3)n2)c1.O.O. The van der Waals surface area contributed by atoms with Crippen LogP contribution in [0.15, 0.2) is 77.3 Å². The van der Waals surface area contributed by atoms with Gasteiger partial charge in [-0.15, -0.1) is 11.3 Å². The Balaban J connectivity index is 0.00000176. The van der Waals surface area contributed by atoms with E-state index in [0.717, 1.165) is 64.2 Å². The number of hydrogen-bond donors (Lipinski definition) is 1. The summed E-state index contributed by atoms with van der Waals surface area (Å²) in [5, 5.41) is 5.57. The topological polar surface area (TPSA) is 131 Å². The van der Waals surface area contributed by atoms with Crippen LogP contribution >= 0.6 is 23.3 Å². The molecular weight excluding hydrogens is 539 g/mol. The van der Waals surface area contributed by atoms with Crippen molar-refractivity contribution < 1.29 is 20.1 Å². The number of ether oxygens (including phenoxy) is 1. The van der Waals surface area contributed by atoms with Crippen LogP contribution in [0.25, 0.3) is 27.6 Å². The lowest BCUT2D eigenvalue weighted by Gasteiger charge is -2.32. The fourth-order valence-electron chi connectivity index (χ4n) is 4.53. The molecule has 1 aliphatic heterocycles. The molecule has 0 saturated carbocycles. The number of nitrogens with zero attached hydrogens (tertiary/aromatic N) is 5. The molecule has 39 heavy (non-hydrogen) atoms. The second-order valence-corrected chi connectivity index (χ2v) is 10.8. The van der Waals surface area contributed by atoms with Crippen molar-refractivity contribution in [3.05, 3.63) is 78.2 Å². The van der Waals surface area contributed by atoms with Crippen LogP contribution in [0, 0.1) is 5.82 Å². The second kappa shape index (κ2) is 12.5. The standard InChI is InChI=1S/C27H25FN6OS2.2H2O/c1-35-21-6-2-4-18(16-21)24-25(34-14-15-36-27(34)32-24)23-11-12-29-26(31-23)30-20-5-3-13-33(17-20)37-22-9-7-19(28)8-10-22;;/h2,4,6-12,14-16,20H,3,5,13,17H2,1H3,(H,29,30,31);2*1H2/t20-;;/m1../s1. The second-order valence-electron chi connectivity index (χ2n) is 8.78. The molecule has 0 radical (unpaired) electrons. The van der Waals surface area contributed by atoms with Crippen molar-refractivity contribution in [2.75, 3.05) is 25.5 Å². The summed E-state index contributed by atoms with van der Waals surface area (Å²) in [6, 6.07) is 16.7. The Bertz CT molecular complexity index is 1530. The van der Waals surface area contributed by atoms with Crippen LogP contribution in [-0.4, -0.2) is 60.9 Å². The van der Waals surface area contributed by atoms with Gasteiger partial charge in [0.15, 0.2) is 4.96 Å². The first-order valence-corrected chi connectivity index (χ1v) is 13.7. The highest BCUT2D eigenvalue weighted by Gasteiger charge is 2.23. The van der Waals surface area contributed by atoms with E-state index >= 15 is 0 Å². The molecule has 1 aliphatic rings. The number of aromatic nitrogens is 4. The maximum absolute atomic E-state index is 13.3. The molecule has 1 fully saturated rings. The molecule has 1 atom stereocenters. The zero-order valence-electron chi connectivity index (χ0n) is 21.2. The highest BCUT2D eigenvalue weighted by Crippen LogP contribution is 2.35. The molecular formula is C27H29FN6O3S2. The Labute approximate surface area is 233 Å². The largest absolute Gasteiger partial charge is 0.497 e. The van der Waals surface area contributed by atoms with Crippen molar-refractivity contribution in [1.29, 1.82) is 0 Å². The first-order valence-electron chi connectivity index (χ1n) is 12.0. The average molecular weight is 569 g/mol. The molecule has 0 aliphatic carbocycles. The molecule has 0 bridgehead atoms. The summed E-state index contributed by atoms with van der Waals surface area (Å²) < 4.78 is 23.1. The summed E-state index contributed by atoms with van der Waals surface area (Å²) >= 11 is 3.25. The van der Waals surface area contributed by atoms with E-state index in [4.69, 9.17) is 14.7 Å². The molecule has 0 amide bonds. The average Bonchev–Trinajstić information content (AvgIpc) is 3.52. The van der Waals surface area contributed by atoms with Gasteiger partial charge < -0.3 is 21.0 Å². The highest BCUT2D eigenvalue weighted by atomic mass is 32.2. The number of imidazole rings is 1. The monoisotopic (exact) mass is 568 g/mol. The van der Waals surface area contributed by atoms with Gasteiger partial charge in [0.05, 0.1) is 18.5 Å². The summed E-state index contributed by atoms with van der Waals surface area (Å²) in [7, 11) is 1.67. The summed E-state index contributed by atoms with van der Waals surface area (Å²) in [4.78, 5) is 16.3. The van der Waals surface area contributed by atoms with Gasteiger partial charge in [-0.1, -0.05) is 12.1 Å². The lowest BCUT2D eigenvalue weighted by Crippen LogP contribution is -2.38. The fourth-order valence-corrected chi connectivity index (χ4v) is 6.28. The molecule has 204 valence electrons. The first kappa shape index (κ1) is 28.5. The van der Waals surface area contributed by atoms with Gasteiger partial charge in [-0.3, -0.25) is 4.40 Å². The van der Waals surface area contributed by atoms with Crippen LogP contribution in [0.5, 0.6) is 5.75 Å². The number of anilines is 1. The molecule has 12 heteroatoms. The third kappa shape index (κ3) is 6.21. The van der Waals surface area contributed by atoms with Crippen molar-refractivity contribution in [3.63, 3.8) is 0 Å². The maximum Gasteiger partial charge on any atom is 0.223 e. The predicted octanol–water partition coefficient (Wildman–Crippen LogP) is 4.60. The zero-order chi connectivity index (χ0) is 25.2. The molecule has 0 unspecified atom stereocenters. The number of fused-ring (bicyclic) bond motifs is 1. The van der Waals surface area contributed by atoms with Crippen LogP contribution in [0.3, 0.4) is 0 Å². The van der Waals surface area contributed by atoms with Crippen molar-refractivity contribution in [3.8, 4) is 28.4 Å². The van der Waals surface area contributed by atoms with Crippen molar-refractivity contribution in [1.82, 2.24) is 23.7 Å². The Hall–Kier alpha value is -3.55. The number of piperidine rings is 1. The number of nitrogens with one attached hydrogen (secondary N) is 1. The minimum atomic E-state index is -0.216. The summed E-state index contributed by atoms with van der Waals surface area (Å²) in [6.07, 6.45) is 5.90. The third-order valence-electron chi connectivity index (χ3n) is 6.27. The summed E-state index contributed by atoms with van der Waals surface area (Å²) in [5.74, 6) is 1.16. The maximum atomic E-state index is 13.3. The van der Waals surface area contributed by atoms with Crippen molar-refractivity contribution in [2.24, 2.45) is 0 Å². The normalized spacial score (nSPS) is 15.4. The van der Waals surface area contributed by atoms with Crippen LogP contribution in [-0.2, 0) is 0 Å². The highest BCUT2D eigenvalue weighted by molar-refractivity contribution is 7.97. The molecule has 2 aromatic carbocycles. The van der Waals surface area contributed by atoms with Gasteiger partial charge in [0, 0.05) is 47.4 Å². The lowest BCUT2D eigenvalue weighted by atomic mass is 10.1. The van der Waals surface area contributed by atoms with E-state index < -0.39 is 0 Å². The van der Waals surface area contributed by atoms with Gasteiger partial charge in [0.2, 0.25) is 5.95 Å². The lowest BCUT2D eigenvalue weighted by molar-refractivity contribution is 0.355. The number of rotatable bonds is 7. The van der Waals surface area contributed by atoms with Crippen LogP contribution < -0.4 is 10.1 Å². The molecule has 0 spiro atoms. The molecule has 6 rings (SSSR count). The molecule has 1 saturated heterocycles. The number of methoxy groups -OCH3 is 1. The van der Waals surface area contributed by atoms with Crippen LogP contribution in [0.1, 0.15) is 12.8 Å². The number of thiazole rings is 1. The van der Waals surface area contributed by atoms with Crippen LogP contribution in [0.4, 0.5) is 10.3 Å². The van der Waals surface area contributed by atoms with Gasteiger partial charge in [-0.25, -0.2) is 23.6 Å². The number of hydrogen-bond acceptors (Lipinski definition) is 8. The fraction of sp³-hybridized carbons (Fsp3) is 0.222. The van der Waals surface area contributed by atoms with E-state index in [-0.39, 0.29) is 22.8 Å². The van der Waals surface area contributed by atoms with E-state index in [2.05, 4.69) is 19.0 Å². The van der Waals surface area contributed by atoms with E-state index in [1.54, 1.807) is 36.6 Å². The minimum Gasteiger partial charge on any atom is -0.497 e. The zero-order valence-corrected chi connectivity index (χ0v) is 22.8. The number of benzene rings is 2. The van der Waals surface area contributed by atoms with Gasteiger partial charge >= 0.3 is 0 Å². The van der Waals surface area contributed by atoms with Gasteiger partial charge in [0.1, 0.15) is 17.3 Å². The summed E-state index contributed by atoms with van der Waals surface area (Å²) in [6.45, 7) is 1.82. The molecule has 5 N–H and O–H groups in total. The van der Waals surface area contributed by atoms with E-state index in [1.807, 2.05) is 54.0 Å². The first-order chi connectivity index (χ1) is 18.2. The predicted molar refractivity (Wildman–Crippen MR) is 154 cm³/mol. The van der Waals surface area contributed by atoms with E-state index in [9.17, 15) is 4.39 Å². The molecule has 5 aromatic rings. The van der Waals surface area contributed by atoms with E-state index in [1.165, 1.54) is 12.1 Å². The van der Waals surface area contributed by atoms with Crippen molar-refractivity contribution in [2.45, 2.75) is 23.8 Å². The minimum absolute atomic E-state index is 0. The van der Waals surface area contributed by atoms with Crippen LogP contribution in [0.2, 0.25) is 0 Å². The Kier molecular flexibility index (Phi) is 9.15.